The molecule has 0 aliphatic rings. The lowest BCUT2D eigenvalue weighted by atomic mass is 10.1. The molecule has 0 N–H and O–H groups in total. The number of carbonyl (C=O) groups is 2. The van der Waals surface area contributed by atoms with Gasteiger partial charge in [-0.05, 0) is 38.8 Å². The first-order valence-electron chi connectivity index (χ1n) is 9.98. The summed E-state index contributed by atoms with van der Waals surface area (Å²) in [6, 6.07) is 5.91. The van der Waals surface area contributed by atoms with E-state index in [0.717, 1.165) is 42.4 Å². The minimum atomic E-state index is -0.424. The van der Waals surface area contributed by atoms with Crippen LogP contribution in [0.15, 0.2) is 24.4 Å². The van der Waals surface area contributed by atoms with E-state index in [2.05, 4.69) is 18.8 Å². The third-order valence-electron chi connectivity index (χ3n) is 4.58. The molecule has 0 saturated heterocycles. The number of benzene rings is 1. The van der Waals surface area contributed by atoms with E-state index in [-0.39, 0.29) is 19.1 Å². The van der Waals surface area contributed by atoms with Crippen LogP contribution in [0.3, 0.4) is 0 Å². The molecule has 0 bridgehead atoms. The highest BCUT2D eigenvalue weighted by molar-refractivity contribution is 6.06. The van der Waals surface area contributed by atoms with Crippen LogP contribution < -0.4 is 4.90 Å². The molecule has 152 valence electrons. The first kappa shape index (κ1) is 21.7. The fraction of sp³-hybridized carbons (Fsp3) is 0.500. The van der Waals surface area contributed by atoms with Gasteiger partial charge in [-0.25, -0.2) is 4.79 Å². The summed E-state index contributed by atoms with van der Waals surface area (Å²) < 4.78 is 5.23. The Hall–Kier alpha value is -2.63. The average Bonchev–Trinajstić information content (AvgIpc) is 2.66. The van der Waals surface area contributed by atoms with Crippen LogP contribution in [-0.4, -0.2) is 55.0 Å². The molecule has 0 aliphatic carbocycles. The Balaban J connectivity index is 2.46. The monoisotopic (exact) mass is 385 g/mol. The normalized spacial score (nSPS) is 10.8. The highest BCUT2D eigenvalue weighted by atomic mass is 16.5. The topological polar surface area (TPSA) is 62.7 Å². The number of rotatable bonds is 9. The van der Waals surface area contributed by atoms with Crippen molar-refractivity contribution >= 4 is 28.5 Å². The molecule has 0 fully saturated rings. The first-order valence-corrected chi connectivity index (χ1v) is 9.98. The molecular formula is C22H31N3O3. The minimum absolute atomic E-state index is 0.0543. The molecule has 0 spiro atoms. The lowest BCUT2D eigenvalue weighted by molar-refractivity contribution is -0.129. The van der Waals surface area contributed by atoms with Gasteiger partial charge in [0, 0.05) is 31.7 Å². The molecule has 6 nitrogen and oxygen atoms in total. The molecule has 1 aromatic heterocycles. The molecule has 2 aromatic rings. The number of likely N-dealkylation sites (N-methyl/N-ethyl adjacent to an activating group) is 1. The third kappa shape index (κ3) is 5.00. The van der Waals surface area contributed by atoms with Crippen molar-refractivity contribution in [2.75, 3.05) is 38.2 Å². The van der Waals surface area contributed by atoms with Gasteiger partial charge in [0.25, 0.3) is 0 Å². The van der Waals surface area contributed by atoms with E-state index < -0.39 is 5.97 Å². The van der Waals surface area contributed by atoms with Gasteiger partial charge in [0.2, 0.25) is 5.91 Å². The second-order valence-corrected chi connectivity index (χ2v) is 7.00. The number of hydrogen-bond donors (Lipinski definition) is 0. The SMILES string of the molecule is CCCN(CCC)C(=O)CN(C)c1c(C(=O)OCC)cnc2ccc(C)cc12. The van der Waals surface area contributed by atoms with Crippen LogP contribution in [-0.2, 0) is 9.53 Å². The van der Waals surface area contributed by atoms with E-state index in [4.69, 9.17) is 4.74 Å². The molecule has 28 heavy (non-hydrogen) atoms. The maximum atomic E-state index is 12.9. The summed E-state index contributed by atoms with van der Waals surface area (Å²) in [6.07, 6.45) is 3.38. The molecule has 0 atom stereocenters. The molecule has 0 unspecified atom stereocenters. The van der Waals surface area contributed by atoms with Crippen LogP contribution in [0, 0.1) is 6.92 Å². The van der Waals surface area contributed by atoms with Crippen LogP contribution in [0.25, 0.3) is 10.9 Å². The van der Waals surface area contributed by atoms with Gasteiger partial charge in [0.05, 0.1) is 24.4 Å². The van der Waals surface area contributed by atoms with Crippen molar-refractivity contribution in [3.8, 4) is 0 Å². The fourth-order valence-corrected chi connectivity index (χ4v) is 3.34. The number of aromatic nitrogens is 1. The summed E-state index contributed by atoms with van der Waals surface area (Å²) in [6.45, 7) is 9.86. The van der Waals surface area contributed by atoms with E-state index in [1.54, 1.807) is 13.1 Å². The number of carbonyl (C=O) groups excluding carboxylic acids is 2. The number of ether oxygens (including phenoxy) is 1. The Labute approximate surface area is 167 Å². The standard InChI is InChI=1S/C22H31N3O3/c1-6-11-25(12-7-2)20(26)15-24(5)21-17-13-16(4)9-10-19(17)23-14-18(21)22(27)28-8-3/h9-10,13-14H,6-8,11-12,15H2,1-5H3. The van der Waals surface area contributed by atoms with Gasteiger partial charge < -0.3 is 14.5 Å². The predicted molar refractivity (Wildman–Crippen MR) is 113 cm³/mol. The van der Waals surface area contributed by atoms with Crippen LogP contribution in [0.5, 0.6) is 0 Å². The number of hydrogen-bond acceptors (Lipinski definition) is 5. The zero-order chi connectivity index (χ0) is 20.7. The van der Waals surface area contributed by atoms with E-state index in [0.29, 0.717) is 11.3 Å². The Morgan fingerprint density at radius 3 is 2.39 bits per heavy atom. The van der Waals surface area contributed by atoms with Gasteiger partial charge in [-0.1, -0.05) is 25.5 Å². The van der Waals surface area contributed by atoms with Crippen LogP contribution in [0.2, 0.25) is 0 Å². The van der Waals surface area contributed by atoms with Gasteiger partial charge in [0.15, 0.2) is 0 Å². The van der Waals surface area contributed by atoms with Gasteiger partial charge in [0.1, 0.15) is 5.56 Å². The molecule has 1 aromatic carbocycles. The Morgan fingerprint density at radius 2 is 1.79 bits per heavy atom. The quantitative estimate of drug-likeness (QED) is 0.614. The second kappa shape index (κ2) is 10.1. The van der Waals surface area contributed by atoms with Gasteiger partial charge >= 0.3 is 5.97 Å². The van der Waals surface area contributed by atoms with Crippen LogP contribution in [0.4, 0.5) is 5.69 Å². The van der Waals surface area contributed by atoms with Gasteiger partial charge in [-0.15, -0.1) is 0 Å². The molecule has 0 saturated carbocycles. The summed E-state index contributed by atoms with van der Waals surface area (Å²) >= 11 is 0. The maximum Gasteiger partial charge on any atom is 0.341 e. The molecule has 0 aliphatic heterocycles. The smallest absolute Gasteiger partial charge is 0.341 e. The number of anilines is 1. The molecule has 2 rings (SSSR count). The predicted octanol–water partition coefficient (Wildman–Crippen LogP) is 3.80. The third-order valence-corrected chi connectivity index (χ3v) is 4.58. The van der Waals surface area contributed by atoms with Crippen molar-refractivity contribution in [2.45, 2.75) is 40.5 Å². The van der Waals surface area contributed by atoms with Crippen molar-refractivity contribution < 1.29 is 14.3 Å². The summed E-state index contributed by atoms with van der Waals surface area (Å²) in [5.74, 6) is -0.370. The number of nitrogens with zero attached hydrogens (tertiary/aromatic N) is 3. The number of aryl methyl sites for hydroxylation is 1. The lowest BCUT2D eigenvalue weighted by Crippen LogP contribution is -2.40. The van der Waals surface area contributed by atoms with Crippen molar-refractivity contribution in [1.29, 1.82) is 0 Å². The Bertz CT molecular complexity index is 829. The Morgan fingerprint density at radius 1 is 1.11 bits per heavy atom. The average molecular weight is 386 g/mol. The largest absolute Gasteiger partial charge is 0.462 e. The van der Waals surface area contributed by atoms with Crippen LogP contribution in [0.1, 0.15) is 49.5 Å². The molecule has 0 radical (unpaired) electrons. The Kier molecular flexibility index (Phi) is 7.79. The summed E-state index contributed by atoms with van der Waals surface area (Å²) in [4.78, 5) is 33.6. The second-order valence-electron chi connectivity index (χ2n) is 7.00. The number of esters is 1. The number of fused-ring (bicyclic) bond motifs is 1. The summed E-state index contributed by atoms with van der Waals surface area (Å²) in [5, 5.41) is 0.846. The molecule has 1 heterocycles. The zero-order valence-electron chi connectivity index (χ0n) is 17.6. The van der Waals surface area contributed by atoms with E-state index in [9.17, 15) is 9.59 Å². The first-order chi connectivity index (χ1) is 13.4. The highest BCUT2D eigenvalue weighted by Crippen LogP contribution is 2.30. The van der Waals surface area contributed by atoms with Crippen molar-refractivity contribution in [2.24, 2.45) is 0 Å². The van der Waals surface area contributed by atoms with Crippen molar-refractivity contribution in [1.82, 2.24) is 9.88 Å². The minimum Gasteiger partial charge on any atom is -0.462 e. The van der Waals surface area contributed by atoms with Gasteiger partial charge in [-0.2, -0.15) is 0 Å². The maximum absolute atomic E-state index is 12.9. The highest BCUT2D eigenvalue weighted by Gasteiger charge is 2.22. The van der Waals surface area contributed by atoms with Gasteiger partial charge in [-0.3, -0.25) is 9.78 Å². The molecular weight excluding hydrogens is 354 g/mol. The number of pyridine rings is 1. The van der Waals surface area contributed by atoms with Crippen molar-refractivity contribution in [3.63, 3.8) is 0 Å². The molecule has 6 heteroatoms. The lowest BCUT2D eigenvalue weighted by Gasteiger charge is -2.27. The van der Waals surface area contributed by atoms with E-state index >= 15 is 0 Å². The van der Waals surface area contributed by atoms with E-state index in [1.165, 1.54) is 0 Å². The number of amides is 1. The fourth-order valence-electron chi connectivity index (χ4n) is 3.34. The summed E-state index contributed by atoms with van der Waals surface area (Å²) in [5.41, 5.74) is 2.92. The van der Waals surface area contributed by atoms with Crippen molar-refractivity contribution in [3.05, 3.63) is 35.5 Å². The molecule has 1 amide bonds. The van der Waals surface area contributed by atoms with E-state index in [1.807, 2.05) is 42.0 Å². The summed E-state index contributed by atoms with van der Waals surface area (Å²) in [7, 11) is 1.84. The van der Waals surface area contributed by atoms with Crippen LogP contribution >= 0.6 is 0 Å². The zero-order valence-corrected chi connectivity index (χ0v) is 17.6.